The molecule has 0 aromatic heterocycles. The number of aliphatic hydroxyl groups is 1. The average Bonchev–Trinajstić information content (AvgIpc) is 2.32. The molecular formula is C12H17F2NOS. The van der Waals surface area contributed by atoms with E-state index in [-0.39, 0.29) is 24.4 Å². The molecule has 2 unspecified atom stereocenters. The van der Waals surface area contributed by atoms with Gasteiger partial charge in [0.05, 0.1) is 6.61 Å². The second-order valence-corrected chi connectivity index (χ2v) is 4.92. The molecule has 2 atom stereocenters. The summed E-state index contributed by atoms with van der Waals surface area (Å²) in [4.78, 5) is 0. The molecule has 1 aromatic carbocycles. The SMILES string of the molecule is CSC(CO)C(C)NCc1cccc(F)c1F. The minimum atomic E-state index is -0.833. The minimum Gasteiger partial charge on any atom is -0.395 e. The van der Waals surface area contributed by atoms with Crippen molar-refractivity contribution in [1.29, 1.82) is 0 Å². The predicted octanol–water partition coefficient (Wildman–Crippen LogP) is 2.17. The van der Waals surface area contributed by atoms with E-state index in [4.69, 9.17) is 5.11 Å². The van der Waals surface area contributed by atoms with Crippen LogP contribution in [0.25, 0.3) is 0 Å². The molecule has 2 nitrogen and oxygen atoms in total. The average molecular weight is 261 g/mol. The number of rotatable bonds is 6. The van der Waals surface area contributed by atoms with Gasteiger partial charge in [-0.1, -0.05) is 12.1 Å². The molecule has 2 N–H and O–H groups in total. The molecule has 0 aliphatic carbocycles. The van der Waals surface area contributed by atoms with E-state index < -0.39 is 11.6 Å². The van der Waals surface area contributed by atoms with E-state index in [2.05, 4.69) is 5.32 Å². The summed E-state index contributed by atoms with van der Waals surface area (Å²) >= 11 is 1.54. The number of halogens is 2. The normalized spacial score (nSPS) is 14.6. The molecule has 0 aliphatic heterocycles. The van der Waals surface area contributed by atoms with Gasteiger partial charge >= 0.3 is 0 Å². The lowest BCUT2D eigenvalue weighted by atomic mass is 10.1. The Morgan fingerprint density at radius 3 is 2.71 bits per heavy atom. The third-order valence-corrected chi connectivity index (χ3v) is 3.85. The van der Waals surface area contributed by atoms with Crippen molar-refractivity contribution in [2.24, 2.45) is 0 Å². The summed E-state index contributed by atoms with van der Waals surface area (Å²) in [6, 6.07) is 4.15. The van der Waals surface area contributed by atoms with Crippen molar-refractivity contribution in [3.63, 3.8) is 0 Å². The van der Waals surface area contributed by atoms with Crippen LogP contribution in [-0.4, -0.2) is 29.3 Å². The van der Waals surface area contributed by atoms with E-state index >= 15 is 0 Å². The first kappa shape index (κ1) is 14.4. The van der Waals surface area contributed by atoms with Gasteiger partial charge in [-0.15, -0.1) is 0 Å². The lowest BCUT2D eigenvalue weighted by molar-refractivity contribution is 0.275. The van der Waals surface area contributed by atoms with Crippen molar-refractivity contribution in [2.75, 3.05) is 12.9 Å². The molecule has 0 heterocycles. The summed E-state index contributed by atoms with van der Waals surface area (Å²) in [6.45, 7) is 2.22. The van der Waals surface area contributed by atoms with Gasteiger partial charge in [-0.2, -0.15) is 11.8 Å². The number of aliphatic hydroxyl groups excluding tert-OH is 1. The van der Waals surface area contributed by atoms with Gasteiger partial charge in [-0.05, 0) is 19.2 Å². The molecule has 1 rings (SSSR count). The zero-order valence-corrected chi connectivity index (χ0v) is 10.7. The lowest BCUT2D eigenvalue weighted by Gasteiger charge is -2.21. The molecular weight excluding hydrogens is 244 g/mol. The van der Waals surface area contributed by atoms with Crippen LogP contribution < -0.4 is 5.32 Å². The number of hydrogen-bond acceptors (Lipinski definition) is 3. The van der Waals surface area contributed by atoms with Crippen LogP contribution in [0.3, 0.4) is 0 Å². The monoisotopic (exact) mass is 261 g/mol. The van der Waals surface area contributed by atoms with Crippen molar-refractivity contribution in [2.45, 2.75) is 24.8 Å². The summed E-state index contributed by atoms with van der Waals surface area (Å²) in [5.74, 6) is -1.64. The molecule has 17 heavy (non-hydrogen) atoms. The van der Waals surface area contributed by atoms with Crippen LogP contribution in [-0.2, 0) is 6.54 Å². The van der Waals surface area contributed by atoms with Crippen molar-refractivity contribution in [3.8, 4) is 0 Å². The van der Waals surface area contributed by atoms with Crippen molar-refractivity contribution in [3.05, 3.63) is 35.4 Å². The summed E-state index contributed by atoms with van der Waals surface area (Å²) in [6.07, 6.45) is 1.90. The Labute approximate surface area is 104 Å². The van der Waals surface area contributed by atoms with Crippen LogP contribution in [0.2, 0.25) is 0 Å². The van der Waals surface area contributed by atoms with Crippen molar-refractivity contribution in [1.82, 2.24) is 5.32 Å². The molecule has 0 bridgehead atoms. The molecule has 96 valence electrons. The van der Waals surface area contributed by atoms with Gasteiger partial charge < -0.3 is 10.4 Å². The second kappa shape index (κ2) is 6.93. The molecule has 0 radical (unpaired) electrons. The fraction of sp³-hybridized carbons (Fsp3) is 0.500. The number of hydrogen-bond donors (Lipinski definition) is 2. The molecule has 0 fully saturated rings. The van der Waals surface area contributed by atoms with E-state index in [1.807, 2.05) is 13.2 Å². The highest BCUT2D eigenvalue weighted by Gasteiger charge is 2.15. The topological polar surface area (TPSA) is 32.3 Å². The first-order chi connectivity index (χ1) is 8.10. The predicted molar refractivity (Wildman–Crippen MR) is 67.0 cm³/mol. The Bertz CT molecular complexity index is 358. The van der Waals surface area contributed by atoms with Gasteiger partial charge in [-0.25, -0.2) is 8.78 Å². The van der Waals surface area contributed by atoms with Crippen LogP contribution in [0.5, 0.6) is 0 Å². The fourth-order valence-electron chi connectivity index (χ4n) is 1.52. The molecule has 0 aliphatic rings. The quantitative estimate of drug-likeness (QED) is 0.823. The van der Waals surface area contributed by atoms with Crippen LogP contribution in [0, 0.1) is 11.6 Å². The zero-order valence-electron chi connectivity index (χ0n) is 9.91. The number of thioether (sulfide) groups is 1. The van der Waals surface area contributed by atoms with E-state index in [0.717, 1.165) is 6.07 Å². The Morgan fingerprint density at radius 1 is 1.41 bits per heavy atom. The summed E-state index contributed by atoms with van der Waals surface area (Å²) < 4.78 is 26.3. The molecule has 0 saturated heterocycles. The first-order valence-electron chi connectivity index (χ1n) is 5.40. The van der Waals surface area contributed by atoms with Gasteiger partial charge in [-0.3, -0.25) is 0 Å². The highest BCUT2D eigenvalue weighted by atomic mass is 32.2. The molecule has 0 saturated carbocycles. The Morgan fingerprint density at radius 2 is 2.12 bits per heavy atom. The second-order valence-electron chi connectivity index (χ2n) is 3.84. The Kier molecular flexibility index (Phi) is 5.88. The highest BCUT2D eigenvalue weighted by molar-refractivity contribution is 7.99. The summed E-state index contributed by atoms with van der Waals surface area (Å²) in [7, 11) is 0. The maximum atomic E-state index is 13.3. The molecule has 1 aromatic rings. The number of benzene rings is 1. The lowest BCUT2D eigenvalue weighted by Crippen LogP contribution is -2.37. The fourth-order valence-corrected chi connectivity index (χ4v) is 2.18. The smallest absolute Gasteiger partial charge is 0.163 e. The van der Waals surface area contributed by atoms with E-state index in [0.29, 0.717) is 5.56 Å². The Balaban J connectivity index is 2.58. The van der Waals surface area contributed by atoms with Crippen LogP contribution >= 0.6 is 11.8 Å². The molecule has 0 amide bonds. The van der Waals surface area contributed by atoms with Crippen molar-refractivity contribution < 1.29 is 13.9 Å². The van der Waals surface area contributed by atoms with E-state index in [1.54, 1.807) is 17.8 Å². The van der Waals surface area contributed by atoms with Gasteiger partial charge in [0.25, 0.3) is 0 Å². The maximum absolute atomic E-state index is 13.3. The van der Waals surface area contributed by atoms with Gasteiger partial charge in [0.2, 0.25) is 0 Å². The summed E-state index contributed by atoms with van der Waals surface area (Å²) in [5, 5.41) is 12.2. The molecule has 5 heteroatoms. The molecule has 0 spiro atoms. The third kappa shape index (κ3) is 3.94. The van der Waals surface area contributed by atoms with Gasteiger partial charge in [0, 0.05) is 23.4 Å². The number of nitrogens with one attached hydrogen (secondary N) is 1. The third-order valence-electron chi connectivity index (χ3n) is 2.69. The standard InChI is InChI=1S/C12H17F2NOS/c1-8(11(7-16)17-2)15-6-9-4-3-5-10(13)12(9)14/h3-5,8,11,15-16H,6-7H2,1-2H3. The highest BCUT2D eigenvalue weighted by Crippen LogP contribution is 2.14. The Hall–Kier alpha value is -0.650. The van der Waals surface area contributed by atoms with Gasteiger partial charge in [0.15, 0.2) is 11.6 Å². The van der Waals surface area contributed by atoms with Crippen LogP contribution in [0.1, 0.15) is 12.5 Å². The van der Waals surface area contributed by atoms with E-state index in [9.17, 15) is 8.78 Å². The van der Waals surface area contributed by atoms with Gasteiger partial charge in [0.1, 0.15) is 0 Å². The maximum Gasteiger partial charge on any atom is 0.163 e. The first-order valence-corrected chi connectivity index (χ1v) is 6.68. The van der Waals surface area contributed by atoms with Crippen LogP contribution in [0.15, 0.2) is 18.2 Å². The van der Waals surface area contributed by atoms with Crippen molar-refractivity contribution >= 4 is 11.8 Å². The summed E-state index contributed by atoms with van der Waals surface area (Å²) in [5.41, 5.74) is 0.301. The zero-order chi connectivity index (χ0) is 12.8. The minimum absolute atomic E-state index is 0.0256. The van der Waals surface area contributed by atoms with Crippen LogP contribution in [0.4, 0.5) is 8.78 Å². The largest absolute Gasteiger partial charge is 0.395 e. The van der Waals surface area contributed by atoms with E-state index in [1.165, 1.54) is 6.07 Å².